The Morgan fingerprint density at radius 3 is 2.69 bits per heavy atom. The zero-order valence-corrected chi connectivity index (χ0v) is 15.6. The van der Waals surface area contributed by atoms with E-state index in [1.165, 1.54) is 6.07 Å². The molecule has 0 saturated carbocycles. The molecule has 1 aliphatic heterocycles. The van der Waals surface area contributed by atoms with Gasteiger partial charge in [0, 0.05) is 37.8 Å². The number of carbonyl (C=O) groups excluding carboxylic acids is 1. The van der Waals surface area contributed by atoms with E-state index in [2.05, 4.69) is 10.2 Å². The van der Waals surface area contributed by atoms with Crippen LogP contribution in [0, 0.1) is 10.1 Å². The molecular formula is C18H27N3O5. The van der Waals surface area contributed by atoms with Crippen LogP contribution in [-0.2, 0) is 15.9 Å². The maximum absolute atomic E-state index is 12.0. The number of morpholine rings is 1. The van der Waals surface area contributed by atoms with E-state index in [1.54, 1.807) is 12.1 Å². The lowest BCUT2D eigenvalue weighted by Gasteiger charge is -2.34. The first-order valence-electron chi connectivity index (χ1n) is 8.76. The second kappa shape index (κ2) is 8.95. The van der Waals surface area contributed by atoms with Crippen LogP contribution in [0.25, 0.3) is 0 Å². The number of carbonyl (C=O) groups is 1. The maximum Gasteiger partial charge on any atom is 0.407 e. The number of rotatable bonds is 6. The number of non-ortho nitro benzene ring substituents is 1. The Labute approximate surface area is 153 Å². The van der Waals surface area contributed by atoms with Gasteiger partial charge in [0.05, 0.1) is 18.1 Å². The summed E-state index contributed by atoms with van der Waals surface area (Å²) in [6, 6.07) is 6.63. The van der Waals surface area contributed by atoms with E-state index in [4.69, 9.17) is 9.47 Å². The summed E-state index contributed by atoms with van der Waals surface area (Å²) in [5, 5.41) is 13.8. The molecule has 8 nitrogen and oxygen atoms in total. The molecule has 1 heterocycles. The van der Waals surface area contributed by atoms with E-state index in [0.717, 1.165) is 18.7 Å². The lowest BCUT2D eigenvalue weighted by Crippen LogP contribution is -2.50. The molecule has 0 aromatic heterocycles. The van der Waals surface area contributed by atoms with Gasteiger partial charge in [-0.05, 0) is 32.8 Å². The van der Waals surface area contributed by atoms with Gasteiger partial charge in [0.2, 0.25) is 0 Å². The van der Waals surface area contributed by atoms with Crippen LogP contribution in [0.15, 0.2) is 24.3 Å². The first-order chi connectivity index (χ1) is 12.2. The summed E-state index contributed by atoms with van der Waals surface area (Å²) >= 11 is 0. The van der Waals surface area contributed by atoms with Crippen molar-refractivity contribution in [2.24, 2.45) is 0 Å². The highest BCUT2D eigenvalue weighted by Crippen LogP contribution is 2.17. The monoisotopic (exact) mass is 365 g/mol. The molecule has 1 aromatic carbocycles. The van der Waals surface area contributed by atoms with Gasteiger partial charge in [-0.3, -0.25) is 15.0 Å². The average molecular weight is 365 g/mol. The lowest BCUT2D eigenvalue weighted by atomic mass is 10.0. The summed E-state index contributed by atoms with van der Waals surface area (Å²) in [6.07, 6.45) is 0.132. The van der Waals surface area contributed by atoms with Crippen LogP contribution in [0.5, 0.6) is 0 Å². The normalized spacial score (nSPS) is 16.7. The van der Waals surface area contributed by atoms with Crippen LogP contribution in [0.1, 0.15) is 26.3 Å². The first kappa shape index (κ1) is 20.1. The Hall–Kier alpha value is -2.19. The number of benzene rings is 1. The van der Waals surface area contributed by atoms with E-state index >= 15 is 0 Å². The van der Waals surface area contributed by atoms with Crippen molar-refractivity contribution in [1.82, 2.24) is 10.2 Å². The molecule has 0 aliphatic carbocycles. The third-order valence-electron chi connectivity index (χ3n) is 4.04. The smallest absolute Gasteiger partial charge is 0.407 e. The van der Waals surface area contributed by atoms with E-state index in [-0.39, 0.29) is 11.7 Å². The SMILES string of the molecule is CC(C)(C)OC(=O)NCC(Cc1cccc([N+](=O)[O-])c1)N1CCOCC1. The Morgan fingerprint density at radius 2 is 2.08 bits per heavy atom. The second-order valence-corrected chi connectivity index (χ2v) is 7.32. The molecule has 1 aromatic rings. The number of ether oxygens (including phenoxy) is 2. The number of hydrogen-bond donors (Lipinski definition) is 1. The fourth-order valence-corrected chi connectivity index (χ4v) is 2.86. The Kier molecular flexibility index (Phi) is 6.93. The minimum Gasteiger partial charge on any atom is -0.444 e. The molecule has 0 spiro atoms. The molecule has 2 rings (SSSR count). The summed E-state index contributed by atoms with van der Waals surface area (Å²) in [5.41, 5.74) is 0.378. The van der Waals surface area contributed by atoms with Crippen LogP contribution in [0.3, 0.4) is 0 Å². The van der Waals surface area contributed by atoms with E-state index in [9.17, 15) is 14.9 Å². The van der Waals surface area contributed by atoms with Crippen molar-refractivity contribution in [1.29, 1.82) is 0 Å². The highest BCUT2D eigenvalue weighted by Gasteiger charge is 2.24. The number of alkyl carbamates (subject to hydrolysis) is 1. The van der Waals surface area contributed by atoms with Gasteiger partial charge in [0.1, 0.15) is 5.60 Å². The standard InChI is InChI=1S/C18H27N3O5/c1-18(2,3)26-17(22)19-13-16(20-7-9-25-10-8-20)12-14-5-4-6-15(11-14)21(23)24/h4-6,11,16H,7-10,12-13H2,1-3H3,(H,19,22). The van der Waals surface area contributed by atoms with Crippen molar-refractivity contribution >= 4 is 11.8 Å². The third-order valence-corrected chi connectivity index (χ3v) is 4.04. The van der Waals surface area contributed by atoms with Crippen LogP contribution < -0.4 is 5.32 Å². The second-order valence-electron chi connectivity index (χ2n) is 7.32. The fraction of sp³-hybridized carbons (Fsp3) is 0.611. The van der Waals surface area contributed by atoms with Crippen LogP contribution in [0.2, 0.25) is 0 Å². The molecular weight excluding hydrogens is 338 g/mol. The molecule has 1 amide bonds. The lowest BCUT2D eigenvalue weighted by molar-refractivity contribution is -0.384. The average Bonchev–Trinajstić information content (AvgIpc) is 2.58. The van der Waals surface area contributed by atoms with Gasteiger partial charge < -0.3 is 14.8 Å². The summed E-state index contributed by atoms with van der Waals surface area (Å²) in [6.45, 7) is 8.64. The molecule has 1 N–H and O–H groups in total. The van der Waals surface area contributed by atoms with Crippen LogP contribution >= 0.6 is 0 Å². The fourth-order valence-electron chi connectivity index (χ4n) is 2.86. The van der Waals surface area contributed by atoms with Crippen LogP contribution in [0.4, 0.5) is 10.5 Å². The number of nitro benzene ring substituents is 1. The molecule has 1 atom stereocenters. The number of hydrogen-bond acceptors (Lipinski definition) is 6. The molecule has 0 bridgehead atoms. The van der Waals surface area contributed by atoms with Gasteiger partial charge >= 0.3 is 6.09 Å². The largest absolute Gasteiger partial charge is 0.444 e. The van der Waals surface area contributed by atoms with Crippen molar-refractivity contribution in [3.63, 3.8) is 0 Å². The number of nitro groups is 1. The zero-order valence-electron chi connectivity index (χ0n) is 15.6. The van der Waals surface area contributed by atoms with Crippen molar-refractivity contribution in [2.75, 3.05) is 32.8 Å². The highest BCUT2D eigenvalue weighted by atomic mass is 16.6. The van der Waals surface area contributed by atoms with Crippen molar-refractivity contribution in [3.05, 3.63) is 39.9 Å². The topological polar surface area (TPSA) is 93.9 Å². The summed E-state index contributed by atoms with van der Waals surface area (Å²) in [7, 11) is 0. The molecule has 1 aliphatic rings. The summed E-state index contributed by atoms with van der Waals surface area (Å²) in [4.78, 5) is 24.8. The molecule has 26 heavy (non-hydrogen) atoms. The van der Waals surface area contributed by atoms with Crippen molar-refractivity contribution < 1.29 is 19.2 Å². The van der Waals surface area contributed by atoms with Gasteiger partial charge in [-0.25, -0.2) is 4.79 Å². The number of nitrogens with zero attached hydrogens (tertiary/aromatic N) is 2. The van der Waals surface area contributed by atoms with E-state index in [1.807, 2.05) is 26.8 Å². The number of nitrogens with one attached hydrogen (secondary N) is 1. The Balaban J connectivity index is 2.04. The van der Waals surface area contributed by atoms with Gasteiger partial charge in [-0.2, -0.15) is 0 Å². The molecule has 8 heteroatoms. The third kappa shape index (κ3) is 6.61. The van der Waals surface area contributed by atoms with E-state index in [0.29, 0.717) is 26.2 Å². The van der Waals surface area contributed by atoms with Crippen LogP contribution in [-0.4, -0.2) is 60.4 Å². The van der Waals surface area contributed by atoms with Crippen molar-refractivity contribution in [2.45, 2.75) is 38.8 Å². The van der Waals surface area contributed by atoms with Gasteiger partial charge in [-0.1, -0.05) is 12.1 Å². The Morgan fingerprint density at radius 1 is 1.38 bits per heavy atom. The Bertz CT molecular complexity index is 623. The van der Waals surface area contributed by atoms with Gasteiger partial charge in [0.15, 0.2) is 0 Å². The maximum atomic E-state index is 12.0. The zero-order chi connectivity index (χ0) is 19.2. The highest BCUT2D eigenvalue weighted by molar-refractivity contribution is 5.67. The minimum atomic E-state index is -0.557. The molecule has 0 radical (unpaired) electrons. The summed E-state index contributed by atoms with van der Waals surface area (Å²) < 4.78 is 10.7. The molecule has 1 unspecified atom stereocenters. The van der Waals surface area contributed by atoms with Crippen molar-refractivity contribution in [3.8, 4) is 0 Å². The predicted molar refractivity (Wildman–Crippen MR) is 97.2 cm³/mol. The molecule has 1 saturated heterocycles. The number of amides is 1. The predicted octanol–water partition coefficient (Wildman–Crippen LogP) is 2.36. The first-order valence-corrected chi connectivity index (χ1v) is 8.76. The molecule has 144 valence electrons. The van der Waals surface area contributed by atoms with Gasteiger partial charge in [0.25, 0.3) is 5.69 Å². The van der Waals surface area contributed by atoms with E-state index < -0.39 is 16.6 Å². The quantitative estimate of drug-likeness (QED) is 0.614. The minimum absolute atomic E-state index is 0.00780. The van der Waals surface area contributed by atoms with Gasteiger partial charge in [-0.15, -0.1) is 0 Å². The summed E-state index contributed by atoms with van der Waals surface area (Å²) in [5.74, 6) is 0. The molecule has 1 fully saturated rings.